The number of nitrogens with zero attached hydrogens (tertiary/aromatic N) is 2. The molecule has 2 aromatic carbocycles. The number of benzene rings is 2. The summed E-state index contributed by atoms with van der Waals surface area (Å²) in [5.74, 6) is -4.74. The molecule has 1 aliphatic heterocycles. The van der Waals surface area contributed by atoms with Crippen molar-refractivity contribution in [2.24, 2.45) is 0 Å². The molecule has 3 aromatic rings. The minimum Gasteiger partial charge on any atom is -0.405 e. The fourth-order valence-corrected chi connectivity index (χ4v) is 3.89. The number of alkyl halides is 3. The second-order valence-corrected chi connectivity index (χ2v) is 7.98. The smallest absolute Gasteiger partial charge is 0.405 e. The highest BCUT2D eigenvalue weighted by atomic mass is 32.1. The maximum Gasteiger partial charge on any atom is 0.491 e. The average molecular weight is 475 g/mol. The maximum absolute atomic E-state index is 12.9. The molecule has 4 rings (SSSR count). The molecule has 0 fully saturated rings. The quantitative estimate of drug-likeness (QED) is 0.484. The van der Waals surface area contributed by atoms with Gasteiger partial charge in [-0.05, 0) is 36.6 Å². The number of hydrogen-bond acceptors (Lipinski definition) is 6. The van der Waals surface area contributed by atoms with Crippen molar-refractivity contribution in [1.29, 1.82) is 0 Å². The standard InChI is InChI=1S/C22H18F3N4O3S/c23-21(24,25)20(31)32-22(18-12-33-13-26-18)28-16-10-9-15(11-17(16)29-22)27-19(30)8-4-7-14-5-2-1-3-6-14/h1-3,5-6,9-13,29H,4,7-8H2,(H,27,30). The first-order chi connectivity index (χ1) is 15.7. The summed E-state index contributed by atoms with van der Waals surface area (Å²) >= 11 is 1.12. The molecule has 2 N–H and O–H groups in total. The minimum absolute atomic E-state index is 0.00722. The first-order valence-electron chi connectivity index (χ1n) is 9.93. The predicted octanol–water partition coefficient (Wildman–Crippen LogP) is 4.68. The fraction of sp³-hybridized carbons (Fsp3) is 0.227. The summed E-state index contributed by atoms with van der Waals surface area (Å²) in [4.78, 5) is 27.8. The first kappa shape index (κ1) is 22.6. The van der Waals surface area contributed by atoms with Gasteiger partial charge in [-0.25, -0.2) is 15.1 Å². The van der Waals surface area contributed by atoms with Crippen LogP contribution in [-0.2, 0) is 26.6 Å². The Balaban J connectivity index is 1.43. The Morgan fingerprint density at radius 3 is 2.64 bits per heavy atom. The van der Waals surface area contributed by atoms with E-state index in [9.17, 15) is 22.8 Å². The van der Waals surface area contributed by atoms with Gasteiger partial charge in [0, 0.05) is 17.5 Å². The van der Waals surface area contributed by atoms with Gasteiger partial charge in [-0.2, -0.15) is 13.2 Å². The number of fused-ring (bicyclic) bond motifs is 1. The molecule has 171 valence electrons. The molecule has 11 heteroatoms. The summed E-state index contributed by atoms with van der Waals surface area (Å²) in [5, 5.41) is 11.1. The Morgan fingerprint density at radius 1 is 1.15 bits per heavy atom. The molecule has 1 atom stereocenters. The van der Waals surface area contributed by atoms with E-state index in [2.05, 4.69) is 20.9 Å². The predicted molar refractivity (Wildman–Crippen MR) is 116 cm³/mol. The van der Waals surface area contributed by atoms with Gasteiger partial charge >= 0.3 is 18.0 Å². The van der Waals surface area contributed by atoms with E-state index in [4.69, 9.17) is 4.74 Å². The molecule has 0 aliphatic carbocycles. The summed E-state index contributed by atoms with van der Waals surface area (Å²) in [6, 6.07) is 14.4. The lowest BCUT2D eigenvalue weighted by Crippen LogP contribution is -2.46. The zero-order chi connectivity index (χ0) is 23.5. The molecular weight excluding hydrogens is 457 g/mol. The number of halogens is 3. The lowest BCUT2D eigenvalue weighted by atomic mass is 10.1. The van der Waals surface area contributed by atoms with Crippen LogP contribution in [0.5, 0.6) is 0 Å². The normalized spacial score (nSPS) is 16.9. The van der Waals surface area contributed by atoms with E-state index in [1.165, 1.54) is 23.0 Å². The van der Waals surface area contributed by atoms with Crippen LogP contribution in [0, 0.1) is 0 Å². The lowest BCUT2D eigenvalue weighted by molar-refractivity contribution is -0.214. The highest BCUT2D eigenvalue weighted by Crippen LogP contribution is 2.42. The van der Waals surface area contributed by atoms with Crippen LogP contribution in [0.3, 0.4) is 0 Å². The van der Waals surface area contributed by atoms with E-state index in [-0.39, 0.29) is 17.3 Å². The molecule has 1 aliphatic rings. The van der Waals surface area contributed by atoms with Gasteiger partial charge < -0.3 is 15.4 Å². The van der Waals surface area contributed by atoms with E-state index in [1.807, 2.05) is 30.3 Å². The van der Waals surface area contributed by atoms with Crippen molar-refractivity contribution in [2.75, 3.05) is 10.6 Å². The number of hydrogen-bond donors (Lipinski definition) is 2. The highest BCUT2D eigenvalue weighted by molar-refractivity contribution is 7.07. The van der Waals surface area contributed by atoms with Gasteiger partial charge in [-0.3, -0.25) is 4.79 Å². The first-order valence-corrected chi connectivity index (χ1v) is 10.9. The Labute approximate surface area is 191 Å². The Bertz CT molecular complexity index is 1140. The third-order valence-corrected chi connectivity index (χ3v) is 5.41. The number of ether oxygens (including phenoxy) is 1. The van der Waals surface area contributed by atoms with Crippen LogP contribution in [0.25, 0.3) is 0 Å². The van der Waals surface area contributed by atoms with Gasteiger partial charge in [0.15, 0.2) is 0 Å². The van der Waals surface area contributed by atoms with Crippen LogP contribution in [0.4, 0.5) is 30.2 Å². The molecule has 1 radical (unpaired) electrons. The molecule has 0 saturated carbocycles. The zero-order valence-electron chi connectivity index (χ0n) is 17.1. The van der Waals surface area contributed by atoms with Crippen LogP contribution < -0.4 is 16.0 Å². The summed E-state index contributed by atoms with van der Waals surface area (Å²) in [6.07, 6.45) is -3.47. The number of anilines is 2. The third-order valence-electron chi connectivity index (χ3n) is 4.83. The van der Waals surface area contributed by atoms with Crippen molar-refractivity contribution < 1.29 is 27.5 Å². The summed E-state index contributed by atoms with van der Waals surface area (Å²) in [6.45, 7) is 0. The van der Waals surface area contributed by atoms with Crippen molar-refractivity contribution in [1.82, 2.24) is 10.3 Å². The van der Waals surface area contributed by atoms with Crippen LogP contribution >= 0.6 is 11.3 Å². The monoisotopic (exact) mass is 475 g/mol. The largest absolute Gasteiger partial charge is 0.491 e. The highest BCUT2D eigenvalue weighted by Gasteiger charge is 2.52. The van der Waals surface area contributed by atoms with Gasteiger partial charge in [0.05, 0.1) is 16.9 Å². The lowest BCUT2D eigenvalue weighted by Gasteiger charge is -2.26. The van der Waals surface area contributed by atoms with E-state index in [0.29, 0.717) is 24.2 Å². The van der Waals surface area contributed by atoms with Crippen LogP contribution in [0.15, 0.2) is 59.4 Å². The van der Waals surface area contributed by atoms with Gasteiger partial charge in [0.25, 0.3) is 0 Å². The van der Waals surface area contributed by atoms with Crippen molar-refractivity contribution in [3.05, 3.63) is 70.7 Å². The number of esters is 1. The molecule has 0 bridgehead atoms. The van der Waals surface area contributed by atoms with Gasteiger partial charge in [0.2, 0.25) is 5.91 Å². The summed E-state index contributed by atoms with van der Waals surface area (Å²) in [5.41, 5.74) is 3.52. The number of thiazole rings is 1. The molecule has 2 heterocycles. The van der Waals surface area contributed by atoms with E-state index in [1.54, 1.807) is 6.07 Å². The molecule has 1 amide bonds. The summed E-state index contributed by atoms with van der Waals surface area (Å²) < 4.78 is 43.3. The van der Waals surface area contributed by atoms with Crippen LogP contribution in [0.1, 0.15) is 24.1 Å². The Hall–Kier alpha value is -3.60. The van der Waals surface area contributed by atoms with Gasteiger partial charge in [-0.15, -0.1) is 11.3 Å². The molecule has 0 saturated heterocycles. The van der Waals surface area contributed by atoms with Gasteiger partial charge in [-0.1, -0.05) is 30.3 Å². The van der Waals surface area contributed by atoms with E-state index in [0.717, 1.165) is 23.3 Å². The number of carbonyl (C=O) groups is 2. The van der Waals surface area contributed by atoms with Crippen LogP contribution in [0.2, 0.25) is 0 Å². The molecule has 1 unspecified atom stereocenters. The average Bonchev–Trinajstić information content (AvgIpc) is 3.42. The number of aromatic nitrogens is 1. The number of amides is 1. The molecule has 7 nitrogen and oxygen atoms in total. The van der Waals surface area contributed by atoms with Crippen molar-refractivity contribution in [3.63, 3.8) is 0 Å². The zero-order valence-corrected chi connectivity index (χ0v) is 17.9. The van der Waals surface area contributed by atoms with Crippen molar-refractivity contribution in [2.45, 2.75) is 31.3 Å². The van der Waals surface area contributed by atoms with E-state index < -0.39 is 18.0 Å². The third kappa shape index (κ3) is 5.25. The molecular formula is C22H18F3N4O3S. The SMILES string of the molecule is O=C(CCCc1ccccc1)Nc1ccc2c(c1)NC(OC(=O)C(F)(F)F)(c1cscn1)[N]2. The Kier molecular flexibility index (Phi) is 6.23. The molecule has 0 spiro atoms. The topological polar surface area (TPSA) is 94.4 Å². The van der Waals surface area contributed by atoms with E-state index >= 15 is 0 Å². The molecule has 33 heavy (non-hydrogen) atoms. The number of rotatable bonds is 7. The second-order valence-electron chi connectivity index (χ2n) is 7.26. The number of aryl methyl sites for hydroxylation is 1. The van der Waals surface area contributed by atoms with Crippen molar-refractivity contribution >= 4 is 40.3 Å². The van der Waals surface area contributed by atoms with Gasteiger partial charge in [0.1, 0.15) is 5.69 Å². The number of carbonyl (C=O) groups excluding carboxylic acids is 2. The maximum atomic E-state index is 12.9. The fourth-order valence-electron chi connectivity index (χ4n) is 3.31. The molecule has 1 aromatic heterocycles. The summed E-state index contributed by atoms with van der Waals surface area (Å²) in [7, 11) is 0. The minimum atomic E-state index is -5.20. The second kappa shape index (κ2) is 9.10. The Morgan fingerprint density at radius 2 is 1.94 bits per heavy atom. The van der Waals surface area contributed by atoms with Crippen LogP contribution in [-0.4, -0.2) is 23.0 Å². The van der Waals surface area contributed by atoms with Crippen molar-refractivity contribution in [3.8, 4) is 0 Å². The number of nitrogens with one attached hydrogen (secondary N) is 2.